The van der Waals surface area contributed by atoms with E-state index in [9.17, 15) is 13.9 Å². The predicted molar refractivity (Wildman–Crippen MR) is 123 cm³/mol. The monoisotopic (exact) mass is 449 g/mol. The van der Waals surface area contributed by atoms with Crippen molar-refractivity contribution in [2.45, 2.75) is 77.6 Å². The average molecular weight is 450 g/mol. The summed E-state index contributed by atoms with van der Waals surface area (Å²) in [7, 11) is 3.66. The number of aliphatic hydroxyl groups excluding tert-OH is 1. The topological polar surface area (TPSA) is 117 Å². The first-order chi connectivity index (χ1) is 14.7. The number of aliphatic hydroxyl groups is 1. The van der Waals surface area contributed by atoms with Crippen molar-refractivity contribution in [3.63, 3.8) is 0 Å². The second-order valence-electron chi connectivity index (χ2n) is 8.61. The Balaban J connectivity index is 1.88. The fourth-order valence-corrected chi connectivity index (χ4v) is 5.44. The number of rotatable bonds is 6. The molecule has 3 rings (SSSR count). The van der Waals surface area contributed by atoms with E-state index < -0.39 is 11.3 Å². The number of allylic oxidation sites excluding steroid dienone is 1. The van der Waals surface area contributed by atoms with Crippen molar-refractivity contribution in [2.75, 3.05) is 24.3 Å². The Morgan fingerprint density at radius 1 is 1.35 bits per heavy atom. The first-order valence-corrected chi connectivity index (χ1v) is 11.8. The third-order valence-corrected chi connectivity index (χ3v) is 7.16. The number of piperidine rings is 2. The van der Waals surface area contributed by atoms with E-state index in [2.05, 4.69) is 15.3 Å². The minimum absolute atomic E-state index is 0.0233. The Morgan fingerprint density at radius 2 is 2.00 bits per heavy atom. The van der Waals surface area contributed by atoms with E-state index in [-0.39, 0.29) is 24.7 Å². The fourth-order valence-electron chi connectivity index (χ4n) is 4.57. The zero-order chi connectivity index (χ0) is 22.7. The van der Waals surface area contributed by atoms with Crippen LogP contribution >= 0.6 is 0 Å². The van der Waals surface area contributed by atoms with Crippen molar-refractivity contribution in [3.05, 3.63) is 22.9 Å². The summed E-state index contributed by atoms with van der Waals surface area (Å²) in [6.45, 7) is 5.68. The Kier molecular flexibility index (Phi) is 7.79. The molecule has 3 heterocycles. The summed E-state index contributed by atoms with van der Waals surface area (Å²) in [5, 5.41) is 13.1. The van der Waals surface area contributed by atoms with Crippen molar-refractivity contribution in [1.82, 2.24) is 14.3 Å². The van der Waals surface area contributed by atoms with Crippen molar-refractivity contribution >= 4 is 28.9 Å². The highest BCUT2D eigenvalue weighted by atomic mass is 32.2. The van der Waals surface area contributed by atoms with Crippen LogP contribution in [0.15, 0.2) is 16.6 Å². The molecule has 2 fully saturated rings. The fraction of sp³-hybridized carbons (Fsp3) is 0.667. The van der Waals surface area contributed by atoms with E-state index in [0.29, 0.717) is 23.3 Å². The van der Waals surface area contributed by atoms with Crippen LogP contribution in [0.4, 0.5) is 11.8 Å². The van der Waals surface area contributed by atoms with Gasteiger partial charge in [-0.15, -0.1) is 0 Å². The highest BCUT2D eigenvalue weighted by molar-refractivity contribution is 7.76. The molecule has 2 unspecified atom stereocenters. The minimum atomic E-state index is -2.19. The van der Waals surface area contributed by atoms with Crippen molar-refractivity contribution < 1.29 is 13.9 Å². The largest absolute Gasteiger partial charge is 0.760 e. The van der Waals surface area contributed by atoms with Gasteiger partial charge in [0.15, 0.2) is 0 Å². The standard InChI is InChI=1S/C21H34N6O3S/c1-13(2)9-19(22-4)24-20-14(3)18(12-28)23-21(25-20)26(5)17-10-15-7-6-8-16(11-17)27(15)31(29)30/h9,15-17,28H,6-8,10-12H2,1-5H3,(H,29,30)(H,22,23,24,25)/p-1/t15-,16+,17?. The maximum atomic E-state index is 11.7. The van der Waals surface area contributed by atoms with E-state index in [4.69, 9.17) is 4.98 Å². The summed E-state index contributed by atoms with van der Waals surface area (Å²) in [5.41, 5.74) is 2.44. The van der Waals surface area contributed by atoms with Crippen LogP contribution < -0.4 is 10.2 Å². The van der Waals surface area contributed by atoms with Gasteiger partial charge in [0, 0.05) is 49.1 Å². The van der Waals surface area contributed by atoms with E-state index >= 15 is 0 Å². The van der Waals surface area contributed by atoms with Crippen LogP contribution in [0.1, 0.15) is 57.2 Å². The van der Waals surface area contributed by atoms with Gasteiger partial charge in [0.2, 0.25) is 5.95 Å². The van der Waals surface area contributed by atoms with Gasteiger partial charge >= 0.3 is 0 Å². The van der Waals surface area contributed by atoms with Gasteiger partial charge in [0.1, 0.15) is 11.7 Å². The Labute approximate surface area is 187 Å². The minimum Gasteiger partial charge on any atom is -0.760 e. The van der Waals surface area contributed by atoms with E-state index in [1.54, 1.807) is 11.4 Å². The van der Waals surface area contributed by atoms with E-state index in [1.165, 1.54) is 0 Å². The third kappa shape index (κ3) is 5.31. The molecule has 2 bridgehead atoms. The van der Waals surface area contributed by atoms with Crippen molar-refractivity contribution in [1.29, 1.82) is 0 Å². The predicted octanol–water partition coefficient (Wildman–Crippen LogP) is 2.30. The summed E-state index contributed by atoms with van der Waals surface area (Å²) < 4.78 is 25.1. The highest BCUT2D eigenvalue weighted by Crippen LogP contribution is 2.37. The lowest BCUT2D eigenvalue weighted by Gasteiger charge is -2.50. The molecule has 0 spiro atoms. The first kappa shape index (κ1) is 23.8. The van der Waals surface area contributed by atoms with Crippen LogP contribution in [0.5, 0.6) is 0 Å². The second kappa shape index (κ2) is 10.2. The summed E-state index contributed by atoms with van der Waals surface area (Å²) in [6, 6.07) is 0.180. The molecule has 0 aromatic carbocycles. The van der Waals surface area contributed by atoms with Crippen molar-refractivity contribution in [2.24, 2.45) is 4.99 Å². The lowest BCUT2D eigenvalue weighted by Crippen LogP contribution is -2.57. The number of amidine groups is 1. The molecule has 1 aromatic heterocycles. The van der Waals surface area contributed by atoms with E-state index in [0.717, 1.165) is 43.2 Å². The summed E-state index contributed by atoms with van der Waals surface area (Å²) in [5.74, 6) is 1.81. The Morgan fingerprint density at radius 3 is 2.52 bits per heavy atom. The molecular formula is C21H33N6O3S-. The molecule has 2 aliphatic heterocycles. The van der Waals surface area contributed by atoms with Gasteiger partial charge in [-0.05, 0) is 52.5 Å². The molecule has 31 heavy (non-hydrogen) atoms. The number of aliphatic imine (C=N–C) groups is 1. The van der Waals surface area contributed by atoms with Gasteiger partial charge in [-0.2, -0.15) is 4.98 Å². The average Bonchev–Trinajstić information content (AvgIpc) is 2.72. The van der Waals surface area contributed by atoms with Gasteiger partial charge in [-0.1, -0.05) is 12.0 Å². The van der Waals surface area contributed by atoms with Crippen LogP contribution in [0.25, 0.3) is 0 Å². The molecule has 0 aliphatic carbocycles. The summed E-state index contributed by atoms with van der Waals surface area (Å²) in [4.78, 5) is 15.7. The van der Waals surface area contributed by atoms with Gasteiger partial charge in [0.25, 0.3) is 0 Å². The van der Waals surface area contributed by atoms with Gasteiger partial charge < -0.3 is 19.9 Å². The first-order valence-electron chi connectivity index (χ1n) is 10.7. The molecule has 10 heteroatoms. The number of nitrogens with one attached hydrogen (secondary N) is 1. The van der Waals surface area contributed by atoms with Crippen LogP contribution in [-0.4, -0.2) is 66.2 Å². The van der Waals surface area contributed by atoms with Gasteiger partial charge in [-0.25, -0.2) is 9.29 Å². The van der Waals surface area contributed by atoms with Crippen LogP contribution in [0.3, 0.4) is 0 Å². The molecule has 2 saturated heterocycles. The SMILES string of the molecule is CN=C(C=C(C)C)Nc1nc(N(C)C2C[C@H]3CCC[C@@H](C2)N3S(=O)[O-])nc(CO)c1C. The highest BCUT2D eigenvalue weighted by Gasteiger charge is 2.40. The van der Waals surface area contributed by atoms with Gasteiger partial charge in [-0.3, -0.25) is 9.20 Å². The quantitative estimate of drug-likeness (QED) is 0.389. The van der Waals surface area contributed by atoms with Gasteiger partial charge in [0.05, 0.1) is 12.3 Å². The maximum Gasteiger partial charge on any atom is 0.227 e. The van der Waals surface area contributed by atoms with Crippen molar-refractivity contribution in [3.8, 4) is 0 Å². The van der Waals surface area contributed by atoms with Crippen LogP contribution in [-0.2, 0) is 17.9 Å². The number of nitrogens with zero attached hydrogens (tertiary/aromatic N) is 5. The van der Waals surface area contributed by atoms with Crippen LogP contribution in [0, 0.1) is 6.92 Å². The summed E-state index contributed by atoms with van der Waals surface area (Å²) in [6.07, 6.45) is 6.26. The molecule has 2 aliphatic rings. The number of hydrogen-bond donors (Lipinski definition) is 2. The molecule has 2 N–H and O–H groups in total. The number of aromatic nitrogens is 2. The molecule has 9 nitrogen and oxygen atoms in total. The zero-order valence-electron chi connectivity index (χ0n) is 19.0. The molecule has 0 saturated carbocycles. The van der Waals surface area contributed by atoms with E-state index in [1.807, 2.05) is 38.8 Å². The summed E-state index contributed by atoms with van der Waals surface area (Å²) >= 11 is -2.19. The molecule has 0 amide bonds. The second-order valence-corrected chi connectivity index (χ2v) is 9.47. The molecule has 172 valence electrons. The number of anilines is 2. The number of hydrogen-bond acceptors (Lipinski definition) is 7. The van der Waals surface area contributed by atoms with Crippen LogP contribution in [0.2, 0.25) is 0 Å². The normalized spacial score (nSPS) is 25.1. The molecule has 0 radical (unpaired) electrons. The zero-order valence-corrected chi connectivity index (χ0v) is 19.8. The smallest absolute Gasteiger partial charge is 0.227 e. The molecule has 4 atom stereocenters. The lowest BCUT2D eigenvalue weighted by atomic mass is 9.83. The molecular weight excluding hydrogens is 416 g/mol. The maximum absolute atomic E-state index is 11.7. The number of fused-ring (bicyclic) bond motifs is 2. The Bertz CT molecular complexity index is 872. The third-order valence-electron chi connectivity index (χ3n) is 6.22. The molecule has 1 aromatic rings. The Hall–Kier alpha value is -1.88. The lowest BCUT2D eigenvalue weighted by molar-refractivity contribution is 0.106.